The topological polar surface area (TPSA) is 66.7 Å². The molecule has 0 aromatic carbocycles. The number of carboxylic acid groups (broad SMARTS) is 1. The molecular weight excluding hydrogens is 182 g/mol. The van der Waals surface area contributed by atoms with Gasteiger partial charge in [0.1, 0.15) is 0 Å². The highest BCUT2D eigenvalue weighted by Crippen LogP contribution is 2.12. The standard InChI is InChI=1S/C10H15NO3/c1-7(9(3)11-6-12)4-5-8(2)10(13)14/h5,7,9H,4H2,1-3H3,(H,13,14)/b8-5+. The Kier molecular flexibility index (Phi) is 5.49. The van der Waals surface area contributed by atoms with Gasteiger partial charge in [-0.1, -0.05) is 13.0 Å². The van der Waals surface area contributed by atoms with Crippen LogP contribution < -0.4 is 0 Å². The Morgan fingerprint density at radius 1 is 1.57 bits per heavy atom. The summed E-state index contributed by atoms with van der Waals surface area (Å²) in [6.07, 6.45) is 3.74. The van der Waals surface area contributed by atoms with Crippen molar-refractivity contribution in [1.29, 1.82) is 0 Å². The Morgan fingerprint density at radius 3 is 2.57 bits per heavy atom. The maximum Gasteiger partial charge on any atom is 0.330 e. The Bertz CT molecular complexity index is 277. The molecule has 14 heavy (non-hydrogen) atoms. The Morgan fingerprint density at radius 2 is 2.14 bits per heavy atom. The van der Waals surface area contributed by atoms with E-state index >= 15 is 0 Å². The molecule has 0 aliphatic carbocycles. The predicted octanol–water partition coefficient (Wildman–Crippen LogP) is 1.77. The SMILES string of the molecule is C/C(=C\CC(C)C(C)N=C=O)C(=O)O. The number of isocyanates is 1. The van der Waals surface area contributed by atoms with Crippen LogP contribution in [0.15, 0.2) is 16.6 Å². The number of carbonyl (C=O) groups excluding carboxylic acids is 1. The van der Waals surface area contributed by atoms with Gasteiger partial charge >= 0.3 is 5.97 Å². The fourth-order valence-electron chi connectivity index (χ4n) is 0.857. The van der Waals surface area contributed by atoms with Crippen LogP contribution in [-0.2, 0) is 9.59 Å². The summed E-state index contributed by atoms with van der Waals surface area (Å²) in [6.45, 7) is 5.26. The first kappa shape index (κ1) is 12.6. The zero-order valence-corrected chi connectivity index (χ0v) is 8.65. The molecule has 0 aromatic rings. The number of rotatable bonds is 5. The summed E-state index contributed by atoms with van der Waals surface area (Å²) in [4.78, 5) is 24.0. The van der Waals surface area contributed by atoms with E-state index in [0.29, 0.717) is 12.0 Å². The smallest absolute Gasteiger partial charge is 0.330 e. The van der Waals surface area contributed by atoms with Gasteiger partial charge in [-0.2, -0.15) is 0 Å². The molecule has 1 N–H and O–H groups in total. The van der Waals surface area contributed by atoms with E-state index in [4.69, 9.17) is 5.11 Å². The van der Waals surface area contributed by atoms with E-state index in [2.05, 4.69) is 4.99 Å². The van der Waals surface area contributed by atoms with Gasteiger partial charge < -0.3 is 5.11 Å². The van der Waals surface area contributed by atoms with Crippen molar-refractivity contribution in [3.8, 4) is 0 Å². The Labute approximate surface area is 83.3 Å². The lowest BCUT2D eigenvalue weighted by atomic mass is 9.99. The molecule has 4 heteroatoms. The quantitative estimate of drug-likeness (QED) is 0.415. The molecule has 0 heterocycles. The number of aliphatic imine (C=N–C) groups is 1. The number of carboxylic acids is 1. The first-order valence-electron chi connectivity index (χ1n) is 4.46. The molecule has 0 spiro atoms. The van der Waals surface area contributed by atoms with Gasteiger partial charge in [0.2, 0.25) is 6.08 Å². The Balaban J connectivity index is 4.20. The van der Waals surface area contributed by atoms with E-state index in [-0.39, 0.29) is 12.0 Å². The summed E-state index contributed by atoms with van der Waals surface area (Å²) >= 11 is 0. The zero-order valence-electron chi connectivity index (χ0n) is 8.65. The van der Waals surface area contributed by atoms with Crippen molar-refractivity contribution in [1.82, 2.24) is 0 Å². The van der Waals surface area contributed by atoms with Crippen LogP contribution in [0.1, 0.15) is 27.2 Å². The van der Waals surface area contributed by atoms with E-state index in [1.165, 1.54) is 6.08 Å². The van der Waals surface area contributed by atoms with Crippen molar-refractivity contribution in [3.63, 3.8) is 0 Å². The summed E-state index contributed by atoms with van der Waals surface area (Å²) in [7, 11) is 0. The molecule has 0 rings (SSSR count). The fourth-order valence-corrected chi connectivity index (χ4v) is 0.857. The average molecular weight is 197 g/mol. The molecule has 0 fully saturated rings. The van der Waals surface area contributed by atoms with Gasteiger partial charge in [-0.25, -0.2) is 14.6 Å². The van der Waals surface area contributed by atoms with Gasteiger partial charge in [-0.15, -0.1) is 0 Å². The largest absolute Gasteiger partial charge is 0.478 e. The Hall–Kier alpha value is -1.41. The zero-order chi connectivity index (χ0) is 11.1. The number of carbonyl (C=O) groups is 1. The molecular formula is C10H15NO3. The van der Waals surface area contributed by atoms with Crippen molar-refractivity contribution < 1.29 is 14.7 Å². The highest BCUT2D eigenvalue weighted by Gasteiger charge is 2.10. The van der Waals surface area contributed by atoms with Crippen LogP contribution in [0.5, 0.6) is 0 Å². The van der Waals surface area contributed by atoms with Crippen LogP contribution in [0, 0.1) is 5.92 Å². The van der Waals surface area contributed by atoms with Crippen LogP contribution in [0.2, 0.25) is 0 Å². The lowest BCUT2D eigenvalue weighted by Gasteiger charge is -2.11. The number of aliphatic carboxylic acids is 1. The highest BCUT2D eigenvalue weighted by atomic mass is 16.4. The number of nitrogens with zero attached hydrogens (tertiary/aromatic N) is 1. The second kappa shape index (κ2) is 6.11. The second-order valence-electron chi connectivity index (χ2n) is 3.37. The van der Waals surface area contributed by atoms with E-state index in [1.54, 1.807) is 19.9 Å². The second-order valence-corrected chi connectivity index (χ2v) is 3.37. The van der Waals surface area contributed by atoms with Crippen LogP contribution >= 0.6 is 0 Å². The summed E-state index contributed by atoms with van der Waals surface area (Å²) in [5.41, 5.74) is 0.319. The molecule has 0 radical (unpaired) electrons. The van der Waals surface area contributed by atoms with Crippen LogP contribution in [-0.4, -0.2) is 23.2 Å². The number of allylic oxidation sites excluding steroid dienone is 1. The minimum atomic E-state index is -0.913. The molecule has 0 bridgehead atoms. The van der Waals surface area contributed by atoms with Gasteiger partial charge in [0, 0.05) is 5.57 Å². The third-order valence-corrected chi connectivity index (χ3v) is 2.21. The molecule has 0 aliphatic rings. The van der Waals surface area contributed by atoms with Crippen molar-refractivity contribution >= 4 is 12.0 Å². The van der Waals surface area contributed by atoms with Crippen molar-refractivity contribution in [3.05, 3.63) is 11.6 Å². The minimum absolute atomic E-state index is 0.120. The normalized spacial score (nSPS) is 15.5. The molecule has 78 valence electrons. The third-order valence-electron chi connectivity index (χ3n) is 2.21. The van der Waals surface area contributed by atoms with E-state index in [0.717, 1.165) is 0 Å². The summed E-state index contributed by atoms with van der Waals surface area (Å²) < 4.78 is 0. The van der Waals surface area contributed by atoms with Gasteiger partial charge in [-0.05, 0) is 26.2 Å². The van der Waals surface area contributed by atoms with Gasteiger partial charge in [0.15, 0.2) is 0 Å². The maximum absolute atomic E-state index is 10.5. The lowest BCUT2D eigenvalue weighted by molar-refractivity contribution is -0.132. The van der Waals surface area contributed by atoms with Gasteiger partial charge in [0.25, 0.3) is 0 Å². The van der Waals surface area contributed by atoms with Gasteiger partial charge in [-0.3, -0.25) is 0 Å². The molecule has 2 unspecified atom stereocenters. The number of hydrogen-bond acceptors (Lipinski definition) is 3. The van der Waals surface area contributed by atoms with Crippen LogP contribution in [0.4, 0.5) is 0 Å². The fraction of sp³-hybridized carbons (Fsp3) is 0.600. The van der Waals surface area contributed by atoms with E-state index < -0.39 is 5.97 Å². The first-order chi connectivity index (χ1) is 6.49. The molecule has 2 atom stereocenters. The van der Waals surface area contributed by atoms with Crippen LogP contribution in [0.3, 0.4) is 0 Å². The van der Waals surface area contributed by atoms with Crippen molar-refractivity contribution in [2.24, 2.45) is 10.9 Å². The van der Waals surface area contributed by atoms with Crippen molar-refractivity contribution in [2.75, 3.05) is 0 Å². The summed E-state index contributed by atoms with van der Waals surface area (Å²) in [5.74, 6) is -0.769. The third kappa shape index (κ3) is 4.58. The molecule has 0 aromatic heterocycles. The highest BCUT2D eigenvalue weighted by molar-refractivity contribution is 5.85. The molecule has 0 saturated carbocycles. The van der Waals surface area contributed by atoms with Gasteiger partial charge in [0.05, 0.1) is 6.04 Å². The number of hydrogen-bond donors (Lipinski definition) is 1. The van der Waals surface area contributed by atoms with Crippen LogP contribution in [0.25, 0.3) is 0 Å². The first-order valence-corrected chi connectivity index (χ1v) is 4.46. The molecule has 0 amide bonds. The maximum atomic E-state index is 10.5. The van der Waals surface area contributed by atoms with E-state index in [9.17, 15) is 9.59 Å². The monoisotopic (exact) mass is 197 g/mol. The molecule has 0 saturated heterocycles. The average Bonchev–Trinajstić information content (AvgIpc) is 2.13. The predicted molar refractivity (Wildman–Crippen MR) is 52.8 cm³/mol. The lowest BCUT2D eigenvalue weighted by Crippen LogP contribution is -2.10. The summed E-state index contributed by atoms with van der Waals surface area (Å²) in [6, 6.07) is -0.120. The van der Waals surface area contributed by atoms with E-state index in [1.807, 2.05) is 6.92 Å². The minimum Gasteiger partial charge on any atom is -0.478 e. The van der Waals surface area contributed by atoms with Crippen molar-refractivity contribution in [2.45, 2.75) is 33.2 Å². The molecule has 4 nitrogen and oxygen atoms in total. The molecule has 0 aliphatic heterocycles. The summed E-state index contributed by atoms with van der Waals surface area (Å²) in [5, 5.41) is 8.58.